The number of amides is 2. The highest BCUT2D eigenvalue weighted by molar-refractivity contribution is 8.00. The average Bonchev–Trinajstić information content (AvgIpc) is 3.42. The Bertz CT molecular complexity index is 1970. The van der Waals surface area contributed by atoms with Gasteiger partial charge in [0.15, 0.2) is 6.10 Å². The summed E-state index contributed by atoms with van der Waals surface area (Å²) in [5.74, 6) is -1.29. The number of carbonyl (C=O) groups is 4. The third kappa shape index (κ3) is 6.45. The molecule has 0 saturated carbocycles. The van der Waals surface area contributed by atoms with Gasteiger partial charge in [-0.2, -0.15) is 0 Å². The van der Waals surface area contributed by atoms with E-state index in [0.29, 0.717) is 28.2 Å². The Morgan fingerprint density at radius 1 is 0.878 bits per heavy atom. The smallest absolute Gasteiger partial charge is 0.356 e. The van der Waals surface area contributed by atoms with Gasteiger partial charge in [-0.3, -0.25) is 14.5 Å². The van der Waals surface area contributed by atoms with E-state index in [0.717, 1.165) is 22.3 Å². The van der Waals surface area contributed by atoms with E-state index in [9.17, 15) is 19.2 Å². The molecule has 7 rings (SSSR count). The SMILES string of the molecule is CC1=C(c2ccccc2)C(=O)O/C1=C/C1=C(C(=O)OC(c2ccccc2)c2ccccc2)N2C(=O)[C@@H](NC(=O)Cc3ccccc3)[C@H]2SC1. The quantitative estimate of drug-likeness (QED) is 0.169. The van der Waals surface area contributed by atoms with Crippen molar-refractivity contribution in [3.63, 3.8) is 0 Å². The van der Waals surface area contributed by atoms with E-state index in [-0.39, 0.29) is 18.0 Å². The summed E-state index contributed by atoms with van der Waals surface area (Å²) in [7, 11) is 0. The van der Waals surface area contributed by atoms with E-state index in [4.69, 9.17) is 9.47 Å². The molecule has 2 atom stereocenters. The number of fused-ring (bicyclic) bond motifs is 1. The van der Waals surface area contributed by atoms with Gasteiger partial charge >= 0.3 is 11.9 Å². The number of carbonyl (C=O) groups excluding carboxylic acids is 4. The molecule has 0 radical (unpaired) electrons. The highest BCUT2D eigenvalue weighted by Crippen LogP contribution is 2.43. The molecule has 0 spiro atoms. The number of thioether (sulfide) groups is 1. The monoisotopic (exact) mass is 668 g/mol. The Morgan fingerprint density at radius 2 is 1.45 bits per heavy atom. The molecule has 9 heteroatoms. The highest BCUT2D eigenvalue weighted by Gasteiger charge is 2.54. The number of nitrogens with one attached hydrogen (secondary N) is 1. The van der Waals surface area contributed by atoms with Gasteiger partial charge in [0.05, 0.1) is 12.0 Å². The van der Waals surface area contributed by atoms with Crippen molar-refractivity contribution in [2.45, 2.75) is 30.9 Å². The third-order valence-corrected chi connectivity index (χ3v) is 9.97. The number of ether oxygens (including phenoxy) is 2. The number of hydrogen-bond donors (Lipinski definition) is 1. The number of nitrogens with zero attached hydrogens (tertiary/aromatic N) is 1. The van der Waals surface area contributed by atoms with E-state index in [1.807, 2.05) is 121 Å². The number of allylic oxidation sites excluding steroid dienone is 2. The Balaban J connectivity index is 1.24. The van der Waals surface area contributed by atoms with Gasteiger partial charge in [-0.15, -0.1) is 11.8 Å². The maximum absolute atomic E-state index is 14.4. The molecule has 1 saturated heterocycles. The van der Waals surface area contributed by atoms with Crippen LogP contribution in [0.1, 0.15) is 35.3 Å². The predicted molar refractivity (Wildman–Crippen MR) is 186 cm³/mol. The second kappa shape index (κ2) is 13.8. The summed E-state index contributed by atoms with van der Waals surface area (Å²) in [5, 5.41) is 2.35. The van der Waals surface area contributed by atoms with Crippen LogP contribution in [0.2, 0.25) is 0 Å². The topological polar surface area (TPSA) is 102 Å². The molecule has 0 bridgehead atoms. The van der Waals surface area contributed by atoms with Gasteiger partial charge in [0.1, 0.15) is 22.9 Å². The molecule has 4 aromatic carbocycles. The van der Waals surface area contributed by atoms with Crippen molar-refractivity contribution in [2.75, 3.05) is 5.75 Å². The lowest BCUT2D eigenvalue weighted by Crippen LogP contribution is -2.70. The summed E-state index contributed by atoms with van der Waals surface area (Å²) >= 11 is 1.42. The van der Waals surface area contributed by atoms with Crippen LogP contribution in [0.4, 0.5) is 0 Å². The largest absolute Gasteiger partial charge is 0.448 e. The van der Waals surface area contributed by atoms with Crippen molar-refractivity contribution in [3.8, 4) is 0 Å². The summed E-state index contributed by atoms with van der Waals surface area (Å²) in [4.78, 5) is 55.5. The normalized spacial score (nSPS) is 19.5. The van der Waals surface area contributed by atoms with Gasteiger partial charge in [-0.25, -0.2) is 9.59 Å². The minimum atomic E-state index is -0.812. The number of benzene rings is 4. The van der Waals surface area contributed by atoms with Gasteiger partial charge < -0.3 is 14.8 Å². The van der Waals surface area contributed by atoms with Crippen LogP contribution in [0.25, 0.3) is 5.57 Å². The minimum absolute atomic E-state index is 0.0590. The summed E-state index contributed by atoms with van der Waals surface area (Å²) in [5.41, 5.74) is 4.68. The number of β-lactam (4-membered cyclic amide) rings is 1. The molecule has 2 amide bonds. The molecular weight excluding hydrogens is 637 g/mol. The van der Waals surface area contributed by atoms with Crippen molar-refractivity contribution >= 4 is 41.1 Å². The number of rotatable bonds is 9. The molecule has 4 aromatic rings. The fourth-order valence-corrected chi connectivity index (χ4v) is 7.54. The number of hydrogen-bond acceptors (Lipinski definition) is 7. The lowest BCUT2D eigenvalue weighted by atomic mass is 9.99. The molecule has 244 valence electrons. The molecule has 0 unspecified atom stereocenters. The van der Waals surface area contributed by atoms with Gasteiger partial charge in [0.2, 0.25) is 5.91 Å². The second-order valence-corrected chi connectivity index (χ2v) is 13.0. The molecule has 0 aliphatic carbocycles. The lowest BCUT2D eigenvalue weighted by Gasteiger charge is -2.49. The first-order valence-corrected chi connectivity index (χ1v) is 17.0. The zero-order valence-corrected chi connectivity index (χ0v) is 27.4. The lowest BCUT2D eigenvalue weighted by molar-refractivity contribution is -0.154. The molecule has 3 heterocycles. The number of cyclic esters (lactones) is 1. The van der Waals surface area contributed by atoms with E-state index >= 15 is 0 Å². The summed E-state index contributed by atoms with van der Waals surface area (Å²) in [6.45, 7) is 1.80. The zero-order chi connectivity index (χ0) is 33.9. The maximum atomic E-state index is 14.4. The van der Waals surface area contributed by atoms with E-state index in [2.05, 4.69) is 5.32 Å². The highest BCUT2D eigenvalue weighted by atomic mass is 32.2. The van der Waals surface area contributed by atoms with Crippen LogP contribution < -0.4 is 5.32 Å². The van der Waals surface area contributed by atoms with Crippen LogP contribution in [0.15, 0.2) is 150 Å². The van der Waals surface area contributed by atoms with Crippen molar-refractivity contribution in [3.05, 3.63) is 172 Å². The summed E-state index contributed by atoms with van der Waals surface area (Å²) < 4.78 is 12.0. The summed E-state index contributed by atoms with van der Waals surface area (Å²) in [6, 6.07) is 36.5. The second-order valence-electron chi connectivity index (χ2n) is 11.9. The number of esters is 2. The van der Waals surface area contributed by atoms with Gasteiger partial charge in [0, 0.05) is 11.3 Å². The van der Waals surface area contributed by atoms with E-state index in [1.165, 1.54) is 16.7 Å². The Kier molecular flexibility index (Phi) is 9.00. The van der Waals surface area contributed by atoms with Crippen molar-refractivity contribution < 1.29 is 28.7 Å². The van der Waals surface area contributed by atoms with Gasteiger partial charge in [0.25, 0.3) is 5.91 Å². The van der Waals surface area contributed by atoms with Crippen LogP contribution in [0, 0.1) is 0 Å². The van der Waals surface area contributed by atoms with Crippen molar-refractivity contribution in [2.24, 2.45) is 0 Å². The Morgan fingerprint density at radius 3 is 2.06 bits per heavy atom. The zero-order valence-electron chi connectivity index (χ0n) is 26.6. The molecular formula is C40H32N2O6S. The first kappa shape index (κ1) is 31.9. The standard InChI is InChI=1S/C40H32N2O6S/c1-25-31(47-39(45)33(25)27-16-8-3-9-17-27)23-30-24-49-38-34(41-32(43)22-26-14-6-2-7-15-26)37(44)42(38)35(30)40(46)48-36(28-18-10-4-11-19-28)29-20-12-5-13-21-29/h2-21,23,34,36,38H,22,24H2,1H3,(H,41,43)/b31-23+/t34-,38-/m1/s1. The molecule has 8 nitrogen and oxygen atoms in total. The van der Waals surface area contributed by atoms with Crippen molar-refractivity contribution in [1.82, 2.24) is 10.2 Å². The molecule has 49 heavy (non-hydrogen) atoms. The van der Waals surface area contributed by atoms with Crippen LogP contribution in [0.5, 0.6) is 0 Å². The minimum Gasteiger partial charge on any atom is -0.448 e. The fourth-order valence-electron chi connectivity index (χ4n) is 6.23. The molecule has 3 aliphatic rings. The Hall–Kier alpha value is -5.67. The Labute approximate surface area is 288 Å². The maximum Gasteiger partial charge on any atom is 0.356 e. The molecule has 0 aromatic heterocycles. The predicted octanol–water partition coefficient (Wildman–Crippen LogP) is 6.13. The van der Waals surface area contributed by atoms with Crippen LogP contribution in [-0.4, -0.2) is 45.8 Å². The molecule has 1 N–H and O–H groups in total. The van der Waals surface area contributed by atoms with Gasteiger partial charge in [-0.05, 0) is 40.8 Å². The van der Waals surface area contributed by atoms with Crippen LogP contribution in [0.3, 0.4) is 0 Å². The average molecular weight is 669 g/mol. The van der Waals surface area contributed by atoms with Gasteiger partial charge in [-0.1, -0.05) is 121 Å². The fraction of sp³-hybridized carbons (Fsp3) is 0.150. The van der Waals surface area contributed by atoms with Crippen LogP contribution >= 0.6 is 11.8 Å². The molecule has 1 fully saturated rings. The van der Waals surface area contributed by atoms with E-state index in [1.54, 1.807) is 13.0 Å². The third-order valence-electron chi connectivity index (χ3n) is 8.66. The van der Waals surface area contributed by atoms with E-state index < -0.39 is 35.4 Å². The first-order chi connectivity index (χ1) is 23.9. The van der Waals surface area contributed by atoms with Crippen LogP contribution in [-0.2, 0) is 35.1 Å². The van der Waals surface area contributed by atoms with Crippen molar-refractivity contribution in [1.29, 1.82) is 0 Å². The first-order valence-electron chi connectivity index (χ1n) is 15.9. The molecule has 3 aliphatic heterocycles. The summed E-state index contributed by atoms with van der Waals surface area (Å²) in [6.07, 6.45) is 1.02.